The number of hydrogen-bond acceptors (Lipinski definition) is 7. The molecule has 0 aliphatic carbocycles. The predicted molar refractivity (Wildman–Crippen MR) is 84.1 cm³/mol. The lowest BCUT2D eigenvalue weighted by molar-refractivity contribution is -0.120. The summed E-state index contributed by atoms with van der Waals surface area (Å²) in [4.78, 5) is 32.9. The molecule has 0 bridgehead atoms. The molecule has 0 saturated heterocycles. The topological polar surface area (TPSA) is 88.6 Å². The number of thiazole rings is 1. The largest absolute Gasteiger partial charge is 0.296 e. The fourth-order valence-corrected chi connectivity index (χ4v) is 3.67. The summed E-state index contributed by atoms with van der Waals surface area (Å²) in [6.07, 6.45) is 1.34. The van der Waals surface area contributed by atoms with Gasteiger partial charge in [0, 0.05) is 11.1 Å². The lowest BCUT2D eigenvalue weighted by atomic mass is 10.1. The van der Waals surface area contributed by atoms with Crippen LogP contribution in [0.2, 0.25) is 0 Å². The zero-order chi connectivity index (χ0) is 15.7. The van der Waals surface area contributed by atoms with Crippen molar-refractivity contribution in [2.45, 2.75) is 19.4 Å². The number of aryl methyl sites for hydroxylation is 1. The Hall–Kier alpha value is -2.37. The summed E-state index contributed by atoms with van der Waals surface area (Å²) in [6.45, 7) is 1.62. The molecule has 3 aromatic rings. The number of rotatable bonds is 4. The molecule has 8 heteroatoms. The standard InChI is InChI=1S/C14H10N4O2S2/c1-8-6-22-13(17-8)9(4-15)11(19)5-18-7-16-10-2-3-21-12(10)14(18)20/h2-3,6-7,9H,5H2,1H3. The van der Waals surface area contributed by atoms with Crippen LogP contribution in [0.15, 0.2) is 27.9 Å². The fourth-order valence-electron chi connectivity index (χ4n) is 2.02. The highest BCUT2D eigenvalue weighted by Gasteiger charge is 2.24. The van der Waals surface area contributed by atoms with E-state index in [9.17, 15) is 14.9 Å². The van der Waals surface area contributed by atoms with E-state index in [-0.39, 0.29) is 17.9 Å². The van der Waals surface area contributed by atoms with Gasteiger partial charge in [0.2, 0.25) is 0 Å². The summed E-state index contributed by atoms with van der Waals surface area (Å²) in [7, 11) is 0. The summed E-state index contributed by atoms with van der Waals surface area (Å²) in [5.41, 5.74) is 1.12. The number of carbonyl (C=O) groups excluding carboxylic acids is 1. The average molecular weight is 330 g/mol. The quantitative estimate of drug-likeness (QED) is 0.731. The molecule has 0 aliphatic heterocycles. The first kappa shape index (κ1) is 14.6. The van der Waals surface area contributed by atoms with E-state index >= 15 is 0 Å². The molecule has 3 rings (SSSR count). The number of thiophene rings is 1. The molecule has 3 aromatic heterocycles. The molecule has 0 fully saturated rings. The number of fused-ring (bicyclic) bond motifs is 1. The zero-order valence-corrected chi connectivity index (χ0v) is 13.1. The van der Waals surface area contributed by atoms with Gasteiger partial charge in [-0.2, -0.15) is 5.26 Å². The van der Waals surface area contributed by atoms with Crippen LogP contribution < -0.4 is 5.56 Å². The van der Waals surface area contributed by atoms with Gasteiger partial charge in [-0.1, -0.05) is 0 Å². The Morgan fingerprint density at radius 1 is 1.50 bits per heavy atom. The number of carbonyl (C=O) groups is 1. The van der Waals surface area contributed by atoms with Gasteiger partial charge in [-0.25, -0.2) is 9.97 Å². The first-order valence-corrected chi connectivity index (χ1v) is 8.13. The second-order valence-electron chi connectivity index (χ2n) is 4.67. The van der Waals surface area contributed by atoms with Crippen LogP contribution in [0.5, 0.6) is 0 Å². The highest BCUT2D eigenvalue weighted by Crippen LogP contribution is 2.21. The van der Waals surface area contributed by atoms with Crippen LogP contribution in [0.3, 0.4) is 0 Å². The van der Waals surface area contributed by atoms with Crippen LogP contribution >= 0.6 is 22.7 Å². The van der Waals surface area contributed by atoms with Crippen molar-refractivity contribution in [3.63, 3.8) is 0 Å². The Morgan fingerprint density at radius 3 is 3.00 bits per heavy atom. The van der Waals surface area contributed by atoms with E-state index in [0.29, 0.717) is 15.2 Å². The van der Waals surface area contributed by atoms with E-state index in [4.69, 9.17) is 0 Å². The molecule has 0 saturated carbocycles. The van der Waals surface area contributed by atoms with Crippen molar-refractivity contribution in [3.05, 3.63) is 44.2 Å². The SMILES string of the molecule is Cc1csc(C(C#N)C(=O)Cn2cnc3ccsc3c2=O)n1. The molecule has 0 radical (unpaired) electrons. The van der Waals surface area contributed by atoms with Gasteiger partial charge < -0.3 is 0 Å². The molecule has 0 amide bonds. The van der Waals surface area contributed by atoms with E-state index in [2.05, 4.69) is 9.97 Å². The van der Waals surface area contributed by atoms with Gasteiger partial charge in [0.1, 0.15) is 9.71 Å². The van der Waals surface area contributed by atoms with Gasteiger partial charge in [-0.05, 0) is 18.4 Å². The number of aromatic nitrogens is 3. The highest BCUT2D eigenvalue weighted by molar-refractivity contribution is 7.17. The molecule has 0 spiro atoms. The van der Waals surface area contributed by atoms with E-state index in [1.807, 2.05) is 6.07 Å². The van der Waals surface area contributed by atoms with Crippen molar-refractivity contribution in [2.24, 2.45) is 0 Å². The van der Waals surface area contributed by atoms with E-state index in [0.717, 1.165) is 5.69 Å². The van der Waals surface area contributed by atoms with Gasteiger partial charge in [0.05, 0.1) is 24.5 Å². The maximum absolute atomic E-state index is 12.3. The maximum atomic E-state index is 12.3. The van der Waals surface area contributed by atoms with E-state index in [1.54, 1.807) is 23.8 Å². The number of ketones is 1. The summed E-state index contributed by atoms with van der Waals surface area (Å²) < 4.78 is 1.75. The lowest BCUT2D eigenvalue weighted by Gasteiger charge is -2.07. The van der Waals surface area contributed by atoms with Gasteiger partial charge in [-0.3, -0.25) is 14.2 Å². The normalized spacial score (nSPS) is 12.2. The zero-order valence-electron chi connectivity index (χ0n) is 11.5. The summed E-state index contributed by atoms with van der Waals surface area (Å²) in [5.74, 6) is -1.32. The highest BCUT2D eigenvalue weighted by atomic mass is 32.1. The van der Waals surface area contributed by atoms with E-state index in [1.165, 1.54) is 33.6 Å². The van der Waals surface area contributed by atoms with Crippen LogP contribution in [0.4, 0.5) is 0 Å². The van der Waals surface area contributed by atoms with Crippen molar-refractivity contribution in [2.75, 3.05) is 0 Å². The summed E-state index contributed by atoms with van der Waals surface area (Å²) >= 11 is 2.56. The Labute approximate surface area is 133 Å². The van der Waals surface area contributed by atoms with Gasteiger partial charge in [0.25, 0.3) is 5.56 Å². The van der Waals surface area contributed by atoms with Crippen LogP contribution in [-0.2, 0) is 11.3 Å². The summed E-state index contributed by atoms with van der Waals surface area (Å²) in [5, 5.41) is 13.3. The van der Waals surface area contributed by atoms with Gasteiger partial charge in [0.15, 0.2) is 11.7 Å². The van der Waals surface area contributed by atoms with Crippen molar-refractivity contribution in [3.8, 4) is 6.07 Å². The Kier molecular flexibility index (Phi) is 3.83. The molecule has 3 heterocycles. The van der Waals surface area contributed by atoms with Crippen molar-refractivity contribution in [1.29, 1.82) is 5.26 Å². The molecule has 0 aromatic carbocycles. The van der Waals surface area contributed by atoms with Crippen molar-refractivity contribution in [1.82, 2.24) is 14.5 Å². The minimum Gasteiger partial charge on any atom is -0.296 e. The van der Waals surface area contributed by atoms with Crippen LogP contribution in [0.25, 0.3) is 10.2 Å². The molecule has 110 valence electrons. The molecule has 6 nitrogen and oxygen atoms in total. The predicted octanol–water partition coefficient (Wildman–Crippen LogP) is 2.10. The number of nitriles is 1. The molecule has 0 aliphatic rings. The maximum Gasteiger partial charge on any atom is 0.271 e. The number of hydrogen-bond donors (Lipinski definition) is 0. The number of nitrogens with zero attached hydrogens (tertiary/aromatic N) is 4. The van der Waals surface area contributed by atoms with Crippen LogP contribution in [0, 0.1) is 18.3 Å². The molecular formula is C14H10N4O2S2. The molecule has 0 N–H and O–H groups in total. The molecule has 1 unspecified atom stereocenters. The number of Topliss-reactive ketones (excluding diaryl/α,β-unsaturated/α-hetero) is 1. The molecular weight excluding hydrogens is 320 g/mol. The van der Waals surface area contributed by atoms with Gasteiger partial charge in [-0.15, -0.1) is 22.7 Å². The third-order valence-corrected chi connectivity index (χ3v) is 5.02. The van der Waals surface area contributed by atoms with Crippen molar-refractivity contribution < 1.29 is 4.79 Å². The van der Waals surface area contributed by atoms with Crippen LogP contribution in [-0.4, -0.2) is 20.3 Å². The Balaban J connectivity index is 1.90. The van der Waals surface area contributed by atoms with E-state index < -0.39 is 5.92 Å². The minimum atomic E-state index is -0.954. The second kappa shape index (κ2) is 5.79. The second-order valence-corrected chi connectivity index (χ2v) is 6.47. The smallest absolute Gasteiger partial charge is 0.271 e. The third-order valence-electron chi connectivity index (χ3n) is 3.10. The fraction of sp³-hybridized carbons (Fsp3) is 0.214. The lowest BCUT2D eigenvalue weighted by Crippen LogP contribution is -2.26. The molecule has 22 heavy (non-hydrogen) atoms. The third kappa shape index (κ3) is 2.56. The first-order chi connectivity index (χ1) is 10.6. The first-order valence-electron chi connectivity index (χ1n) is 6.37. The monoisotopic (exact) mass is 330 g/mol. The minimum absolute atomic E-state index is 0.184. The van der Waals surface area contributed by atoms with Crippen LogP contribution in [0.1, 0.15) is 16.6 Å². The molecule has 1 atom stereocenters. The van der Waals surface area contributed by atoms with Gasteiger partial charge >= 0.3 is 0 Å². The van der Waals surface area contributed by atoms with Crippen molar-refractivity contribution >= 4 is 38.7 Å². The Morgan fingerprint density at radius 2 is 2.32 bits per heavy atom. The Bertz CT molecular complexity index is 948. The summed E-state index contributed by atoms with van der Waals surface area (Å²) in [6, 6.07) is 3.72. The average Bonchev–Trinajstić information content (AvgIpc) is 3.12.